The zero-order chi connectivity index (χ0) is 15.1. The molecular weight excluding hydrogens is 258 g/mol. The van der Waals surface area contributed by atoms with Crippen LogP contribution in [-0.2, 0) is 6.42 Å². The zero-order valence-electron chi connectivity index (χ0n) is 13.4. The van der Waals surface area contributed by atoms with Gasteiger partial charge in [-0.2, -0.15) is 5.10 Å². The van der Waals surface area contributed by atoms with Gasteiger partial charge in [0, 0.05) is 17.9 Å². The van der Waals surface area contributed by atoms with E-state index in [1.165, 1.54) is 12.1 Å². The Bertz CT molecular complexity index is 516. The van der Waals surface area contributed by atoms with Crippen LogP contribution in [0.15, 0.2) is 42.6 Å². The molecule has 1 unspecified atom stereocenters. The van der Waals surface area contributed by atoms with E-state index in [1.54, 1.807) is 0 Å². The molecule has 0 aliphatic rings. The van der Waals surface area contributed by atoms with Gasteiger partial charge in [-0.15, -0.1) is 0 Å². The molecule has 1 aromatic carbocycles. The van der Waals surface area contributed by atoms with Gasteiger partial charge in [0.1, 0.15) is 0 Å². The minimum absolute atomic E-state index is 0.573. The fourth-order valence-corrected chi connectivity index (χ4v) is 2.63. The Hall–Kier alpha value is -1.61. The Morgan fingerprint density at radius 1 is 1.14 bits per heavy atom. The van der Waals surface area contributed by atoms with Crippen LogP contribution >= 0.6 is 0 Å². The number of rotatable bonds is 8. The summed E-state index contributed by atoms with van der Waals surface area (Å²) in [5.74, 6) is 0.657. The van der Waals surface area contributed by atoms with Gasteiger partial charge in [-0.25, -0.2) is 4.68 Å². The van der Waals surface area contributed by atoms with Crippen molar-refractivity contribution >= 4 is 0 Å². The van der Waals surface area contributed by atoms with E-state index in [9.17, 15) is 0 Å². The van der Waals surface area contributed by atoms with Crippen molar-refractivity contribution in [2.45, 2.75) is 46.1 Å². The third-order valence-electron chi connectivity index (χ3n) is 3.89. The van der Waals surface area contributed by atoms with Gasteiger partial charge in [0.2, 0.25) is 0 Å². The quantitative estimate of drug-likeness (QED) is 0.799. The van der Waals surface area contributed by atoms with Crippen LogP contribution in [0.5, 0.6) is 0 Å². The molecule has 0 spiro atoms. The van der Waals surface area contributed by atoms with Crippen LogP contribution in [0.3, 0.4) is 0 Å². The summed E-state index contributed by atoms with van der Waals surface area (Å²) in [5.41, 5.74) is 2.42. The maximum Gasteiger partial charge on any atom is 0.0648 e. The SMILES string of the molecule is CCCNC(CCc1ccnn1-c1ccccc1)C(C)C. The summed E-state index contributed by atoms with van der Waals surface area (Å²) < 4.78 is 2.05. The lowest BCUT2D eigenvalue weighted by Gasteiger charge is -2.22. The first kappa shape index (κ1) is 15.8. The standard InChI is InChI=1S/C18H27N3/c1-4-13-19-18(15(2)3)11-10-17-12-14-20-21(17)16-8-6-5-7-9-16/h5-9,12,14-15,18-19H,4,10-11,13H2,1-3H3. The number of aryl methyl sites for hydroxylation is 1. The molecule has 1 N–H and O–H groups in total. The molecule has 3 nitrogen and oxygen atoms in total. The summed E-state index contributed by atoms with van der Waals surface area (Å²) in [6.07, 6.45) is 5.28. The molecule has 0 fully saturated rings. The topological polar surface area (TPSA) is 29.9 Å². The molecule has 1 aromatic heterocycles. The van der Waals surface area contributed by atoms with Crippen molar-refractivity contribution in [3.8, 4) is 5.69 Å². The van der Waals surface area contributed by atoms with Gasteiger partial charge < -0.3 is 5.32 Å². The van der Waals surface area contributed by atoms with Crippen LogP contribution in [0, 0.1) is 5.92 Å². The van der Waals surface area contributed by atoms with Crippen molar-refractivity contribution in [1.29, 1.82) is 0 Å². The van der Waals surface area contributed by atoms with Gasteiger partial charge in [-0.1, -0.05) is 39.0 Å². The minimum Gasteiger partial charge on any atom is -0.314 e. The average Bonchev–Trinajstić information content (AvgIpc) is 2.96. The van der Waals surface area contributed by atoms with Crippen LogP contribution in [0.4, 0.5) is 0 Å². The Kier molecular flexibility index (Phi) is 6.00. The molecule has 3 heteroatoms. The number of nitrogens with one attached hydrogen (secondary N) is 1. The third kappa shape index (κ3) is 4.43. The van der Waals surface area contributed by atoms with Crippen molar-refractivity contribution in [1.82, 2.24) is 15.1 Å². The highest BCUT2D eigenvalue weighted by molar-refractivity contribution is 5.32. The van der Waals surface area contributed by atoms with E-state index in [0.29, 0.717) is 12.0 Å². The second-order valence-corrected chi connectivity index (χ2v) is 5.91. The molecule has 0 amide bonds. The van der Waals surface area contributed by atoms with E-state index in [4.69, 9.17) is 0 Å². The van der Waals surface area contributed by atoms with Crippen molar-refractivity contribution < 1.29 is 0 Å². The highest BCUT2D eigenvalue weighted by atomic mass is 15.3. The van der Waals surface area contributed by atoms with Crippen LogP contribution in [0.25, 0.3) is 5.69 Å². The van der Waals surface area contributed by atoms with Gasteiger partial charge in [0.25, 0.3) is 0 Å². The summed E-state index contributed by atoms with van der Waals surface area (Å²) in [4.78, 5) is 0. The summed E-state index contributed by atoms with van der Waals surface area (Å²) in [6.45, 7) is 7.90. The fraction of sp³-hybridized carbons (Fsp3) is 0.500. The molecule has 0 aliphatic heterocycles. The number of para-hydroxylation sites is 1. The Morgan fingerprint density at radius 3 is 2.57 bits per heavy atom. The van der Waals surface area contributed by atoms with Crippen LogP contribution in [0.1, 0.15) is 39.3 Å². The summed E-state index contributed by atoms with van der Waals surface area (Å²) >= 11 is 0. The Labute approximate surface area is 128 Å². The maximum atomic E-state index is 4.47. The van der Waals surface area contributed by atoms with Crippen molar-refractivity contribution in [3.63, 3.8) is 0 Å². The van der Waals surface area contributed by atoms with Crippen LogP contribution < -0.4 is 5.32 Å². The molecule has 0 saturated heterocycles. The summed E-state index contributed by atoms with van der Waals surface area (Å²) in [7, 11) is 0. The number of aromatic nitrogens is 2. The minimum atomic E-state index is 0.573. The van der Waals surface area contributed by atoms with E-state index in [-0.39, 0.29) is 0 Å². The van der Waals surface area contributed by atoms with Gasteiger partial charge >= 0.3 is 0 Å². The average molecular weight is 285 g/mol. The molecule has 0 radical (unpaired) electrons. The molecule has 2 aromatic rings. The van der Waals surface area contributed by atoms with E-state index in [1.807, 2.05) is 12.3 Å². The second kappa shape index (κ2) is 7.99. The molecule has 0 bridgehead atoms. The molecule has 2 rings (SSSR count). The number of benzene rings is 1. The van der Waals surface area contributed by atoms with Crippen molar-refractivity contribution in [2.75, 3.05) is 6.54 Å². The van der Waals surface area contributed by atoms with E-state index in [2.05, 4.69) is 66.2 Å². The van der Waals surface area contributed by atoms with Gasteiger partial charge in [0.05, 0.1) is 5.69 Å². The summed E-state index contributed by atoms with van der Waals surface area (Å²) in [5, 5.41) is 8.13. The lowest BCUT2D eigenvalue weighted by molar-refractivity contribution is 0.376. The van der Waals surface area contributed by atoms with E-state index >= 15 is 0 Å². The van der Waals surface area contributed by atoms with E-state index < -0.39 is 0 Å². The van der Waals surface area contributed by atoms with Crippen LogP contribution in [0.2, 0.25) is 0 Å². The highest BCUT2D eigenvalue weighted by Crippen LogP contribution is 2.15. The first-order valence-electron chi connectivity index (χ1n) is 8.04. The van der Waals surface area contributed by atoms with Crippen LogP contribution in [-0.4, -0.2) is 22.4 Å². The molecular formula is C18H27N3. The zero-order valence-corrected chi connectivity index (χ0v) is 13.4. The molecule has 21 heavy (non-hydrogen) atoms. The largest absolute Gasteiger partial charge is 0.314 e. The molecule has 0 saturated carbocycles. The van der Waals surface area contributed by atoms with Gasteiger partial charge in [-0.3, -0.25) is 0 Å². The van der Waals surface area contributed by atoms with Crippen molar-refractivity contribution in [2.24, 2.45) is 5.92 Å². The number of hydrogen-bond acceptors (Lipinski definition) is 2. The monoisotopic (exact) mass is 285 g/mol. The molecule has 114 valence electrons. The maximum absolute atomic E-state index is 4.47. The molecule has 0 aliphatic carbocycles. The lowest BCUT2D eigenvalue weighted by Crippen LogP contribution is -2.34. The van der Waals surface area contributed by atoms with Gasteiger partial charge in [-0.05, 0) is 49.9 Å². The smallest absolute Gasteiger partial charge is 0.0648 e. The van der Waals surface area contributed by atoms with Gasteiger partial charge in [0.15, 0.2) is 0 Å². The fourth-order valence-electron chi connectivity index (χ4n) is 2.63. The Balaban J connectivity index is 2.02. The van der Waals surface area contributed by atoms with E-state index in [0.717, 1.165) is 25.1 Å². The highest BCUT2D eigenvalue weighted by Gasteiger charge is 2.14. The Morgan fingerprint density at radius 2 is 1.90 bits per heavy atom. The molecule has 1 atom stereocenters. The predicted molar refractivity (Wildman–Crippen MR) is 88.8 cm³/mol. The molecule has 1 heterocycles. The second-order valence-electron chi connectivity index (χ2n) is 5.91. The first-order valence-corrected chi connectivity index (χ1v) is 8.04. The number of hydrogen-bond donors (Lipinski definition) is 1. The number of nitrogens with zero attached hydrogens (tertiary/aromatic N) is 2. The first-order chi connectivity index (χ1) is 10.2. The summed E-state index contributed by atoms with van der Waals surface area (Å²) in [6, 6.07) is 13.1. The lowest BCUT2D eigenvalue weighted by atomic mass is 9.98. The van der Waals surface area contributed by atoms with Crippen molar-refractivity contribution in [3.05, 3.63) is 48.3 Å². The third-order valence-corrected chi connectivity index (χ3v) is 3.89. The normalized spacial score (nSPS) is 12.8. The predicted octanol–water partition coefficient (Wildman–Crippen LogP) is 3.83.